The molecule has 0 saturated heterocycles. The number of ether oxygens (including phenoxy) is 3. The molecule has 0 radical (unpaired) electrons. The highest BCUT2D eigenvalue weighted by Crippen LogP contribution is 2.43. The molecule has 2 aromatic carbocycles. The molecule has 0 saturated carbocycles. The first-order valence-electron chi connectivity index (χ1n) is 7.59. The van der Waals surface area contributed by atoms with Gasteiger partial charge in [-0.1, -0.05) is 5.16 Å². The normalized spacial score (nSPS) is 10.4. The Morgan fingerprint density at radius 2 is 1.58 bits per heavy atom. The van der Waals surface area contributed by atoms with Crippen molar-refractivity contribution < 1.29 is 23.7 Å². The first-order chi connectivity index (χ1) is 12.6. The molecule has 3 aromatic rings. The van der Waals surface area contributed by atoms with Gasteiger partial charge in [0.05, 0.1) is 32.4 Å². The van der Waals surface area contributed by atoms with Crippen LogP contribution >= 0.6 is 0 Å². The Labute approximate surface area is 149 Å². The maximum Gasteiger partial charge on any atom is 0.269 e. The maximum atomic E-state index is 10.8. The van der Waals surface area contributed by atoms with Gasteiger partial charge in [-0.3, -0.25) is 10.1 Å². The van der Waals surface area contributed by atoms with E-state index in [1.165, 1.54) is 33.5 Å². The molecule has 26 heavy (non-hydrogen) atoms. The fourth-order valence-electron chi connectivity index (χ4n) is 2.63. The molecular formula is C18H16N2O6. The van der Waals surface area contributed by atoms with E-state index in [0.717, 1.165) is 5.56 Å². The molecule has 8 nitrogen and oxygen atoms in total. The van der Waals surface area contributed by atoms with Crippen LogP contribution in [0.3, 0.4) is 0 Å². The third-order valence-electron chi connectivity index (χ3n) is 3.89. The van der Waals surface area contributed by atoms with E-state index in [-0.39, 0.29) is 5.69 Å². The van der Waals surface area contributed by atoms with Crippen LogP contribution in [-0.2, 0) is 0 Å². The number of nitro benzene ring substituents is 1. The molecule has 0 aliphatic heterocycles. The van der Waals surface area contributed by atoms with Crippen LogP contribution in [0.2, 0.25) is 0 Å². The minimum atomic E-state index is -0.447. The smallest absolute Gasteiger partial charge is 0.269 e. The molecule has 0 bridgehead atoms. The molecule has 134 valence electrons. The lowest BCUT2D eigenvalue weighted by Gasteiger charge is -2.13. The zero-order valence-corrected chi connectivity index (χ0v) is 14.4. The minimum absolute atomic E-state index is 0.0135. The fraction of sp³-hybridized carbons (Fsp3) is 0.167. The highest BCUT2D eigenvalue weighted by Gasteiger charge is 2.19. The van der Waals surface area contributed by atoms with Gasteiger partial charge < -0.3 is 18.7 Å². The predicted octanol–water partition coefficient (Wildman–Crippen LogP) is 3.94. The van der Waals surface area contributed by atoms with Gasteiger partial charge in [-0.15, -0.1) is 0 Å². The predicted molar refractivity (Wildman–Crippen MR) is 93.7 cm³/mol. The summed E-state index contributed by atoms with van der Waals surface area (Å²) in [6.07, 6.45) is 1.56. The molecule has 0 N–H and O–H groups in total. The fourth-order valence-corrected chi connectivity index (χ4v) is 2.63. The summed E-state index contributed by atoms with van der Waals surface area (Å²) in [6, 6.07) is 9.65. The summed E-state index contributed by atoms with van der Waals surface area (Å²) >= 11 is 0. The minimum Gasteiger partial charge on any atom is -0.493 e. The van der Waals surface area contributed by atoms with Gasteiger partial charge in [0.2, 0.25) is 5.75 Å². The van der Waals surface area contributed by atoms with Crippen LogP contribution in [0, 0.1) is 10.1 Å². The molecular weight excluding hydrogens is 340 g/mol. The Bertz CT molecular complexity index is 908. The average molecular weight is 356 g/mol. The number of nitrogens with zero attached hydrogens (tertiary/aromatic N) is 2. The van der Waals surface area contributed by atoms with Crippen LogP contribution in [0.25, 0.3) is 22.5 Å². The first-order valence-corrected chi connectivity index (χ1v) is 7.59. The Morgan fingerprint density at radius 1 is 0.962 bits per heavy atom. The number of non-ortho nitro benzene ring substituents is 1. The third-order valence-corrected chi connectivity index (χ3v) is 3.89. The van der Waals surface area contributed by atoms with Gasteiger partial charge in [-0.25, -0.2) is 0 Å². The Hall–Kier alpha value is -3.55. The van der Waals surface area contributed by atoms with E-state index in [9.17, 15) is 10.1 Å². The van der Waals surface area contributed by atoms with Crippen molar-refractivity contribution in [1.29, 1.82) is 0 Å². The zero-order chi connectivity index (χ0) is 18.7. The van der Waals surface area contributed by atoms with Gasteiger partial charge in [0.25, 0.3) is 5.69 Å². The van der Waals surface area contributed by atoms with Gasteiger partial charge in [0.15, 0.2) is 17.3 Å². The quantitative estimate of drug-likeness (QED) is 0.487. The van der Waals surface area contributed by atoms with E-state index >= 15 is 0 Å². The Kier molecular flexibility index (Phi) is 4.74. The molecule has 1 aromatic heterocycles. The summed E-state index contributed by atoms with van der Waals surface area (Å²) in [6.45, 7) is 0. The molecule has 0 unspecified atom stereocenters. The molecule has 3 rings (SSSR count). The van der Waals surface area contributed by atoms with E-state index < -0.39 is 4.92 Å². The molecule has 1 heterocycles. The lowest BCUT2D eigenvalue weighted by molar-refractivity contribution is -0.384. The monoisotopic (exact) mass is 356 g/mol. The Balaban J connectivity index is 2.09. The van der Waals surface area contributed by atoms with Crippen LogP contribution in [0.1, 0.15) is 0 Å². The summed E-state index contributed by atoms with van der Waals surface area (Å²) in [4.78, 5) is 10.4. The van der Waals surface area contributed by atoms with E-state index in [4.69, 9.17) is 18.7 Å². The third kappa shape index (κ3) is 3.04. The van der Waals surface area contributed by atoms with E-state index in [2.05, 4.69) is 5.16 Å². The van der Waals surface area contributed by atoms with Crippen LogP contribution < -0.4 is 14.2 Å². The van der Waals surface area contributed by atoms with E-state index in [1.54, 1.807) is 30.5 Å². The summed E-state index contributed by atoms with van der Waals surface area (Å²) in [5.74, 6) is 1.91. The van der Waals surface area contributed by atoms with Gasteiger partial charge in [-0.05, 0) is 29.8 Å². The van der Waals surface area contributed by atoms with Gasteiger partial charge in [-0.2, -0.15) is 0 Å². The number of aromatic nitrogens is 1. The number of rotatable bonds is 6. The van der Waals surface area contributed by atoms with Gasteiger partial charge in [0, 0.05) is 23.3 Å². The van der Waals surface area contributed by atoms with Crippen molar-refractivity contribution in [2.75, 3.05) is 21.3 Å². The molecule has 0 aliphatic carbocycles. The summed E-state index contributed by atoms with van der Waals surface area (Å²) in [7, 11) is 4.58. The second-order valence-corrected chi connectivity index (χ2v) is 5.29. The molecule has 8 heteroatoms. The van der Waals surface area contributed by atoms with Gasteiger partial charge in [0.1, 0.15) is 0 Å². The Morgan fingerprint density at radius 3 is 2.08 bits per heavy atom. The van der Waals surface area contributed by atoms with Crippen molar-refractivity contribution in [3.8, 4) is 39.7 Å². The molecule has 0 fully saturated rings. The summed E-state index contributed by atoms with van der Waals surface area (Å²) < 4.78 is 21.5. The molecule has 0 amide bonds. The first kappa shape index (κ1) is 17.3. The van der Waals surface area contributed by atoms with Crippen molar-refractivity contribution in [2.24, 2.45) is 0 Å². The second-order valence-electron chi connectivity index (χ2n) is 5.29. The van der Waals surface area contributed by atoms with Crippen molar-refractivity contribution in [3.63, 3.8) is 0 Å². The van der Waals surface area contributed by atoms with Crippen LogP contribution in [0.15, 0.2) is 47.1 Å². The summed E-state index contributed by atoms with van der Waals surface area (Å²) in [5, 5.41) is 14.7. The van der Waals surface area contributed by atoms with Crippen molar-refractivity contribution in [1.82, 2.24) is 5.16 Å². The number of hydrogen-bond donors (Lipinski definition) is 0. The average Bonchev–Trinajstić information content (AvgIpc) is 3.16. The van der Waals surface area contributed by atoms with E-state index in [1.807, 2.05) is 0 Å². The lowest BCUT2D eigenvalue weighted by Crippen LogP contribution is -1.95. The highest BCUT2D eigenvalue weighted by molar-refractivity contribution is 5.81. The maximum absolute atomic E-state index is 10.8. The number of hydrogen-bond acceptors (Lipinski definition) is 7. The lowest BCUT2D eigenvalue weighted by atomic mass is 10.0. The molecule has 0 aliphatic rings. The van der Waals surface area contributed by atoms with Crippen molar-refractivity contribution in [2.45, 2.75) is 0 Å². The number of nitro groups is 1. The summed E-state index contributed by atoms with van der Waals surface area (Å²) in [5.41, 5.74) is 2.11. The highest BCUT2D eigenvalue weighted by atomic mass is 16.6. The number of methoxy groups -OCH3 is 3. The topological polar surface area (TPSA) is 96.9 Å². The molecule has 0 spiro atoms. The van der Waals surface area contributed by atoms with Crippen LogP contribution in [0.5, 0.6) is 17.2 Å². The van der Waals surface area contributed by atoms with Crippen LogP contribution in [0.4, 0.5) is 5.69 Å². The number of benzene rings is 2. The molecule has 0 atom stereocenters. The van der Waals surface area contributed by atoms with Crippen LogP contribution in [-0.4, -0.2) is 31.4 Å². The van der Waals surface area contributed by atoms with Gasteiger partial charge >= 0.3 is 0 Å². The standard InChI is InChI=1S/C18H16N2O6/c1-23-15-8-12(9-16(24-2)18(15)25-3)17-14(10-19-26-17)11-4-6-13(7-5-11)20(21)22/h4-10H,1-3H3. The van der Waals surface area contributed by atoms with Crippen molar-refractivity contribution in [3.05, 3.63) is 52.7 Å². The van der Waals surface area contributed by atoms with Crippen molar-refractivity contribution >= 4 is 5.69 Å². The SMILES string of the molecule is COc1cc(-c2oncc2-c2ccc([N+](=O)[O-])cc2)cc(OC)c1OC. The zero-order valence-electron chi connectivity index (χ0n) is 14.4. The second kappa shape index (κ2) is 7.14. The van der Waals surface area contributed by atoms with E-state index in [0.29, 0.717) is 34.1 Å². The largest absolute Gasteiger partial charge is 0.493 e.